The minimum Gasteiger partial charge on any atom is -0.450 e. The zero-order valence-corrected chi connectivity index (χ0v) is 19.3. The molecule has 0 spiro atoms. The van der Waals surface area contributed by atoms with Crippen LogP contribution in [0.2, 0.25) is 0 Å². The first-order valence-electron chi connectivity index (χ1n) is 11.8. The highest BCUT2D eigenvalue weighted by Gasteiger charge is 2.55. The Balaban J connectivity index is 1.45. The second kappa shape index (κ2) is 9.22. The molecule has 0 radical (unpaired) electrons. The number of hydrogen-bond acceptors (Lipinski definition) is 4. The van der Waals surface area contributed by atoms with Crippen molar-refractivity contribution in [3.63, 3.8) is 0 Å². The average Bonchev–Trinajstić information content (AvgIpc) is 3.01. The normalized spacial score (nSPS) is 26.8. The summed E-state index contributed by atoms with van der Waals surface area (Å²) in [5, 5.41) is 2.17. The Kier molecular flexibility index (Phi) is 6.56. The lowest BCUT2D eigenvalue weighted by molar-refractivity contribution is -0.131. The van der Waals surface area contributed by atoms with Crippen LogP contribution in [0.4, 0.5) is 14.9 Å². The Morgan fingerprint density at radius 2 is 1.78 bits per heavy atom. The molecule has 7 heteroatoms. The second-order valence-electron chi connectivity index (χ2n) is 9.30. The predicted octanol–water partition coefficient (Wildman–Crippen LogP) is 4.65. The fraction of sp³-hybridized carbons (Fsp3) is 0.600. The summed E-state index contributed by atoms with van der Waals surface area (Å²) < 4.78 is 20.8. The summed E-state index contributed by atoms with van der Waals surface area (Å²) >= 11 is 0. The van der Waals surface area contributed by atoms with Crippen molar-refractivity contribution in [1.29, 1.82) is 0 Å². The third-order valence-corrected chi connectivity index (χ3v) is 7.24. The van der Waals surface area contributed by atoms with Crippen LogP contribution in [-0.2, 0) is 15.3 Å². The van der Waals surface area contributed by atoms with E-state index < -0.39 is 17.8 Å². The van der Waals surface area contributed by atoms with Crippen LogP contribution < -0.4 is 10.2 Å². The van der Waals surface area contributed by atoms with Crippen molar-refractivity contribution in [3.05, 3.63) is 41.0 Å². The van der Waals surface area contributed by atoms with Gasteiger partial charge in [0.05, 0.1) is 12.3 Å². The van der Waals surface area contributed by atoms with Crippen molar-refractivity contribution in [1.82, 2.24) is 10.2 Å². The quantitative estimate of drug-likeness (QED) is 0.544. The van der Waals surface area contributed by atoms with E-state index in [0.717, 1.165) is 25.9 Å². The van der Waals surface area contributed by atoms with Crippen LogP contribution in [-0.4, -0.2) is 48.7 Å². The fourth-order valence-corrected chi connectivity index (χ4v) is 5.48. The smallest absolute Gasteiger partial charge is 0.410 e. The van der Waals surface area contributed by atoms with E-state index in [9.17, 15) is 9.59 Å². The number of hydrogen-bond donors (Lipinski definition) is 1. The number of likely N-dealkylation sites (tertiary alicyclic amines) is 1. The van der Waals surface area contributed by atoms with E-state index in [1.807, 2.05) is 0 Å². The zero-order chi connectivity index (χ0) is 22.9. The van der Waals surface area contributed by atoms with Crippen LogP contribution >= 0.6 is 0 Å². The Labute approximate surface area is 189 Å². The second-order valence-corrected chi connectivity index (χ2v) is 9.30. The van der Waals surface area contributed by atoms with Crippen molar-refractivity contribution < 1.29 is 18.7 Å². The number of ether oxygens (including phenoxy) is 1. The molecule has 32 heavy (non-hydrogen) atoms. The number of amides is 2. The third kappa shape index (κ3) is 4.15. The number of allylic oxidation sites excluding steroid dienone is 2. The Bertz CT molecular complexity index is 895. The number of alkyl carbamates (subject to hydrolysis) is 1. The maximum Gasteiger partial charge on any atom is 0.410 e. The maximum absolute atomic E-state index is 15.9. The number of piperidine rings is 1. The molecule has 3 aliphatic rings. The van der Waals surface area contributed by atoms with Crippen LogP contribution in [0.15, 0.2) is 35.4 Å². The standard InChI is InChI=1S/C25H34FN3O3/c1-4-32-24(31)27-25(26)21-7-5-6-8-22(21)29(23(25)30)20-13-15-28(16-14-20)19-11-9-18(10-12-19)17(2)3/h5-8,19-20H,4,9-16H2,1-3H3,(H,27,31). The maximum atomic E-state index is 15.9. The van der Waals surface area contributed by atoms with E-state index in [1.165, 1.54) is 31.3 Å². The van der Waals surface area contributed by atoms with Crippen LogP contribution in [0.25, 0.3) is 0 Å². The van der Waals surface area contributed by atoms with Gasteiger partial charge in [-0.25, -0.2) is 9.18 Å². The number of nitrogens with one attached hydrogen (secondary N) is 1. The highest BCUT2D eigenvalue weighted by molar-refractivity contribution is 6.08. The number of fused-ring (bicyclic) bond motifs is 1. The minimum absolute atomic E-state index is 0.0848. The van der Waals surface area contributed by atoms with E-state index in [4.69, 9.17) is 4.74 Å². The first-order chi connectivity index (χ1) is 15.3. The molecular formula is C25H34FN3O3. The molecule has 0 aromatic heterocycles. The molecule has 2 aliphatic heterocycles. The summed E-state index contributed by atoms with van der Waals surface area (Å²) in [5.41, 5.74) is 3.78. The fourth-order valence-electron chi connectivity index (χ4n) is 5.48. The number of halogens is 1. The highest BCUT2D eigenvalue weighted by atomic mass is 19.1. The van der Waals surface area contributed by atoms with Crippen molar-refractivity contribution in [2.45, 2.75) is 77.2 Å². The molecule has 6 nitrogen and oxygen atoms in total. The molecular weight excluding hydrogens is 409 g/mol. The van der Waals surface area contributed by atoms with Gasteiger partial charge in [0, 0.05) is 30.7 Å². The van der Waals surface area contributed by atoms with Crippen molar-refractivity contribution >= 4 is 17.7 Å². The molecule has 2 heterocycles. The van der Waals surface area contributed by atoms with E-state index in [-0.39, 0.29) is 18.2 Å². The van der Waals surface area contributed by atoms with Crippen LogP contribution in [0.5, 0.6) is 0 Å². The molecule has 174 valence electrons. The topological polar surface area (TPSA) is 61.9 Å². The molecule has 1 aromatic rings. The summed E-state index contributed by atoms with van der Waals surface area (Å²) in [6.07, 6.45) is 5.39. The molecule has 4 rings (SSSR count). The first-order valence-corrected chi connectivity index (χ1v) is 11.8. The van der Waals surface area contributed by atoms with Crippen LogP contribution in [0.3, 0.4) is 0 Å². The molecule has 2 fully saturated rings. The van der Waals surface area contributed by atoms with Gasteiger partial charge in [0.25, 0.3) is 11.7 Å². The van der Waals surface area contributed by atoms with Crippen molar-refractivity contribution in [3.8, 4) is 0 Å². The summed E-state index contributed by atoms with van der Waals surface area (Å²) in [7, 11) is 0. The predicted molar refractivity (Wildman–Crippen MR) is 122 cm³/mol. The number of carbonyl (C=O) groups is 2. The number of nitrogens with zero attached hydrogens (tertiary/aromatic N) is 2. The third-order valence-electron chi connectivity index (χ3n) is 7.24. The summed E-state index contributed by atoms with van der Waals surface area (Å²) in [4.78, 5) is 29.4. The lowest BCUT2D eigenvalue weighted by Gasteiger charge is -2.42. The van der Waals surface area contributed by atoms with Gasteiger partial charge in [0.1, 0.15) is 0 Å². The molecule has 1 aliphatic carbocycles. The summed E-state index contributed by atoms with van der Waals surface area (Å²) in [5.74, 6) is -3.32. The first kappa shape index (κ1) is 22.8. The Morgan fingerprint density at radius 3 is 2.41 bits per heavy atom. The molecule has 0 bridgehead atoms. The van der Waals surface area contributed by atoms with Gasteiger partial charge >= 0.3 is 6.09 Å². The number of carbonyl (C=O) groups excluding carboxylic acids is 2. The van der Waals surface area contributed by atoms with E-state index in [1.54, 1.807) is 41.7 Å². The van der Waals surface area contributed by atoms with Gasteiger partial charge in [0.15, 0.2) is 0 Å². The number of rotatable bonds is 4. The van der Waals surface area contributed by atoms with Gasteiger partial charge in [-0.05, 0) is 65.4 Å². The van der Waals surface area contributed by atoms with Gasteiger partial charge in [-0.15, -0.1) is 0 Å². The average molecular weight is 444 g/mol. The van der Waals surface area contributed by atoms with Crippen LogP contribution in [0, 0.1) is 0 Å². The summed E-state index contributed by atoms with van der Waals surface area (Å²) in [6.45, 7) is 7.95. The Hall–Kier alpha value is -2.41. The van der Waals surface area contributed by atoms with Crippen LogP contribution in [0.1, 0.15) is 64.9 Å². The molecule has 1 unspecified atom stereocenters. The molecule has 1 saturated heterocycles. The minimum atomic E-state index is -2.59. The van der Waals surface area contributed by atoms with Gasteiger partial charge in [0.2, 0.25) is 0 Å². The summed E-state index contributed by atoms with van der Waals surface area (Å²) in [6, 6.07) is 7.31. The molecule has 2 amide bonds. The number of para-hydroxylation sites is 1. The monoisotopic (exact) mass is 443 g/mol. The lowest BCUT2D eigenvalue weighted by Crippen LogP contribution is -2.54. The largest absolute Gasteiger partial charge is 0.450 e. The Morgan fingerprint density at radius 1 is 1.12 bits per heavy atom. The van der Waals surface area contributed by atoms with Crippen molar-refractivity contribution in [2.75, 3.05) is 24.6 Å². The lowest BCUT2D eigenvalue weighted by atomic mass is 9.86. The van der Waals surface area contributed by atoms with Gasteiger partial charge in [-0.2, -0.15) is 0 Å². The number of anilines is 1. The van der Waals surface area contributed by atoms with E-state index >= 15 is 4.39 Å². The van der Waals surface area contributed by atoms with Crippen molar-refractivity contribution in [2.24, 2.45) is 0 Å². The molecule has 1 N–H and O–H groups in total. The van der Waals surface area contributed by atoms with Gasteiger partial charge < -0.3 is 14.5 Å². The SMILES string of the molecule is CCOC(=O)NC1(F)C(=O)N(C2CCN(C3CCC(=C(C)C)CC3)CC2)c2ccccc21. The van der Waals surface area contributed by atoms with E-state index in [2.05, 4.69) is 24.1 Å². The number of benzene rings is 1. The number of alkyl halides is 1. The van der Waals surface area contributed by atoms with Gasteiger partial charge in [-0.3, -0.25) is 10.1 Å². The molecule has 1 saturated carbocycles. The van der Waals surface area contributed by atoms with E-state index in [0.29, 0.717) is 11.7 Å². The molecule has 1 aromatic carbocycles. The zero-order valence-electron chi connectivity index (χ0n) is 19.3. The highest BCUT2D eigenvalue weighted by Crippen LogP contribution is 2.44. The van der Waals surface area contributed by atoms with Gasteiger partial charge in [-0.1, -0.05) is 29.3 Å². The molecule has 1 atom stereocenters.